The average molecular weight is 390 g/mol. The van der Waals surface area contributed by atoms with Crippen LogP contribution in [0.4, 0.5) is 5.69 Å². The Hall–Kier alpha value is -2.81. The Bertz CT molecular complexity index is 1080. The molecule has 0 aromatic heterocycles. The van der Waals surface area contributed by atoms with E-state index in [1.165, 1.54) is 0 Å². The molecule has 2 aliphatic rings. The molecule has 142 valence electrons. The van der Waals surface area contributed by atoms with Crippen molar-refractivity contribution in [2.75, 3.05) is 25.4 Å². The summed E-state index contributed by atoms with van der Waals surface area (Å²) in [5.74, 6) is 1.71. The van der Waals surface area contributed by atoms with Gasteiger partial charge in [-0.2, -0.15) is 0 Å². The Kier molecular flexibility index (Phi) is 3.61. The van der Waals surface area contributed by atoms with E-state index in [9.17, 15) is 0 Å². The van der Waals surface area contributed by atoms with Gasteiger partial charge in [0.15, 0.2) is 0 Å². The first-order chi connectivity index (χ1) is 13.5. The molecule has 28 heavy (non-hydrogen) atoms. The number of benzene rings is 3. The fourth-order valence-corrected chi connectivity index (χ4v) is 7.36. The van der Waals surface area contributed by atoms with Gasteiger partial charge in [-0.25, -0.2) is 0 Å². The van der Waals surface area contributed by atoms with Crippen molar-refractivity contribution in [3.05, 3.63) is 96.1 Å². The molecule has 0 fully saturated rings. The summed E-state index contributed by atoms with van der Waals surface area (Å²) in [5, 5.41) is 0. The van der Waals surface area contributed by atoms with Gasteiger partial charge in [-0.05, 0) is 0 Å². The first-order valence-corrected chi connectivity index (χ1v) is 11.8. The van der Waals surface area contributed by atoms with Gasteiger partial charge < -0.3 is 0 Å². The molecule has 0 saturated carbocycles. The molecular weight excluding hydrogens is 367 g/mol. The van der Waals surface area contributed by atoms with E-state index in [2.05, 4.69) is 58.5 Å². The quantitative estimate of drug-likeness (QED) is 0.524. The molecule has 0 N–H and O–H groups in total. The van der Waals surface area contributed by atoms with Crippen LogP contribution in [0.15, 0.2) is 84.9 Å². The zero-order valence-corrected chi connectivity index (χ0v) is 17.1. The van der Waals surface area contributed by atoms with E-state index in [-0.39, 0.29) is 0 Å². The van der Waals surface area contributed by atoms with Gasteiger partial charge in [0.05, 0.1) is 0 Å². The van der Waals surface area contributed by atoms with Crippen molar-refractivity contribution in [2.45, 2.75) is 0 Å². The van der Waals surface area contributed by atoms with Crippen LogP contribution in [0, 0.1) is 0 Å². The zero-order valence-electron chi connectivity index (χ0n) is 16.2. The number of hydrogen-bond donors (Lipinski definition) is 0. The average Bonchev–Trinajstić information content (AvgIpc) is 3.15. The van der Waals surface area contributed by atoms with Crippen molar-refractivity contribution >= 4 is 24.5 Å². The molecule has 3 aromatic rings. The molecule has 0 amide bonds. The first kappa shape index (κ1) is 17.3. The summed E-state index contributed by atoms with van der Waals surface area (Å²) in [6, 6.07) is 28.9. The third kappa shape index (κ3) is 2.19. The number of hydrogen-bond acceptors (Lipinski definition) is 4. The number of para-hydroxylation sites is 2. The minimum absolute atomic E-state index is 0.857. The fraction of sp³-hybridized carbons (Fsp3) is 0.130. The second-order valence-corrected chi connectivity index (χ2v) is 11.6. The fourth-order valence-electron chi connectivity index (χ4n) is 3.95. The van der Waals surface area contributed by atoms with E-state index in [1.807, 2.05) is 56.6 Å². The number of nitrogens with zero attached hydrogens (tertiary/aromatic N) is 2. The van der Waals surface area contributed by atoms with Gasteiger partial charge in [0.1, 0.15) is 0 Å². The number of anilines is 1. The minimum atomic E-state index is -3.38. The van der Waals surface area contributed by atoms with Gasteiger partial charge in [-0.3, -0.25) is 0 Å². The van der Waals surface area contributed by atoms with E-state index in [1.54, 1.807) is 0 Å². The van der Waals surface area contributed by atoms with Crippen molar-refractivity contribution in [1.82, 2.24) is 4.67 Å². The van der Waals surface area contributed by atoms with Crippen LogP contribution in [0.1, 0.15) is 11.1 Å². The van der Waals surface area contributed by atoms with Gasteiger partial charge >= 0.3 is 165 Å². The summed E-state index contributed by atoms with van der Waals surface area (Å²) in [7, 11) is 0.686. The van der Waals surface area contributed by atoms with Crippen LogP contribution in [-0.2, 0) is 4.52 Å². The molecule has 0 bridgehead atoms. The summed E-state index contributed by atoms with van der Waals surface area (Å²) in [6.07, 6.45) is 0. The second-order valence-electron chi connectivity index (χ2n) is 7.47. The summed E-state index contributed by atoms with van der Waals surface area (Å²) >= 11 is 0. The van der Waals surface area contributed by atoms with Crippen LogP contribution in [0.2, 0.25) is 0 Å². The third-order valence-corrected chi connectivity index (χ3v) is 9.92. The Balaban J connectivity index is 1.85. The molecule has 0 atom stereocenters. The molecule has 2 aliphatic heterocycles. The Morgan fingerprint density at radius 3 is 1.93 bits per heavy atom. The van der Waals surface area contributed by atoms with Crippen molar-refractivity contribution in [2.24, 2.45) is 0 Å². The first-order valence-electron chi connectivity index (χ1n) is 9.36. The predicted octanol–water partition coefficient (Wildman–Crippen LogP) is 5.85. The summed E-state index contributed by atoms with van der Waals surface area (Å²) in [6.45, 7) is 2.12. The molecule has 0 unspecified atom stereocenters. The van der Waals surface area contributed by atoms with Gasteiger partial charge in [0, 0.05) is 0 Å². The van der Waals surface area contributed by atoms with Crippen molar-refractivity contribution in [3.63, 3.8) is 0 Å². The monoisotopic (exact) mass is 390 g/mol. The summed E-state index contributed by atoms with van der Waals surface area (Å²) in [4.78, 5) is 0. The van der Waals surface area contributed by atoms with Crippen LogP contribution in [0.25, 0.3) is 11.5 Å². The van der Waals surface area contributed by atoms with Crippen molar-refractivity contribution < 1.29 is 9.05 Å². The van der Waals surface area contributed by atoms with Gasteiger partial charge in [-0.15, -0.1) is 0 Å². The molecule has 0 radical (unpaired) electrons. The predicted molar refractivity (Wildman–Crippen MR) is 117 cm³/mol. The maximum absolute atomic E-state index is 6.90. The Morgan fingerprint density at radius 1 is 0.714 bits per heavy atom. The Labute approximate surface area is 165 Å². The van der Waals surface area contributed by atoms with Gasteiger partial charge in [-0.1, -0.05) is 0 Å². The normalized spacial score (nSPS) is 20.0. The van der Waals surface area contributed by atoms with Crippen LogP contribution < -0.4 is 9.19 Å². The van der Waals surface area contributed by atoms with Crippen LogP contribution >= 0.6 is 7.36 Å². The molecule has 5 rings (SSSR count). The van der Waals surface area contributed by atoms with Crippen molar-refractivity contribution in [1.29, 1.82) is 0 Å². The molecule has 2 heterocycles. The SMILES string of the molecule is CN(C)P12(C)OC(c3ccccc3)=C(c3ccccc3)N1c1ccccc1O2. The summed E-state index contributed by atoms with van der Waals surface area (Å²) < 4.78 is 18.0. The van der Waals surface area contributed by atoms with E-state index < -0.39 is 7.36 Å². The van der Waals surface area contributed by atoms with E-state index in [0.29, 0.717) is 0 Å². The Morgan fingerprint density at radius 2 is 1.29 bits per heavy atom. The van der Waals surface area contributed by atoms with E-state index >= 15 is 0 Å². The van der Waals surface area contributed by atoms with Crippen LogP contribution in [0.5, 0.6) is 5.75 Å². The molecule has 0 saturated heterocycles. The third-order valence-electron chi connectivity index (χ3n) is 5.57. The standard InChI is InChI=1S/C23H23N2O2P/c1-24(2)28(3)25(20-16-10-11-17-21(20)26-28)22(18-12-6-4-7-13-18)23(27-28)19-14-8-5-9-15-19/h4-17H,1-3H3. The number of rotatable bonds is 3. The second kappa shape index (κ2) is 5.84. The van der Waals surface area contributed by atoms with E-state index in [4.69, 9.17) is 9.05 Å². The molecule has 5 heteroatoms. The zero-order chi connectivity index (χ0) is 19.4. The number of fused-ring (bicyclic) bond motifs is 3. The van der Waals surface area contributed by atoms with E-state index in [0.717, 1.165) is 34.0 Å². The molecule has 3 aromatic carbocycles. The molecule has 0 aliphatic carbocycles. The van der Waals surface area contributed by atoms with Gasteiger partial charge in [0.2, 0.25) is 0 Å². The topological polar surface area (TPSA) is 24.9 Å². The maximum atomic E-state index is 6.90. The molecular formula is C23H23N2O2P. The molecule has 0 spiro atoms. The van der Waals surface area contributed by atoms with Crippen molar-refractivity contribution in [3.8, 4) is 5.75 Å². The molecule has 4 nitrogen and oxygen atoms in total. The van der Waals surface area contributed by atoms with Gasteiger partial charge in [0.25, 0.3) is 0 Å². The van der Waals surface area contributed by atoms with Crippen LogP contribution in [-0.4, -0.2) is 25.4 Å². The van der Waals surface area contributed by atoms with Crippen LogP contribution in [0.3, 0.4) is 0 Å². The summed E-state index contributed by atoms with van der Waals surface area (Å²) in [5.41, 5.74) is 4.24.